The molecule has 0 unspecified atom stereocenters. The van der Waals surface area contributed by atoms with Crippen LogP contribution in [0.2, 0.25) is 10.0 Å². The summed E-state index contributed by atoms with van der Waals surface area (Å²) in [6, 6.07) is 22.1. The zero-order chi connectivity index (χ0) is 27.8. The van der Waals surface area contributed by atoms with Gasteiger partial charge in [0.15, 0.2) is 6.61 Å². The van der Waals surface area contributed by atoms with Crippen LogP contribution in [-0.4, -0.2) is 35.4 Å². The van der Waals surface area contributed by atoms with Crippen molar-refractivity contribution in [2.45, 2.75) is 70.5 Å². The summed E-state index contributed by atoms with van der Waals surface area (Å²) in [5.41, 5.74) is 2.75. The third-order valence-electron chi connectivity index (χ3n) is 7.27. The van der Waals surface area contributed by atoms with Crippen molar-refractivity contribution in [2.24, 2.45) is 0 Å². The van der Waals surface area contributed by atoms with E-state index in [-0.39, 0.29) is 31.0 Å². The SMILES string of the molecule is CC(C)c1ccc(OCC(=O)N(Cc2c(Cl)cccc2Cl)[C@H](Cc2ccccc2)C(=O)NC2CCCC2)cc1. The Kier molecular flexibility index (Phi) is 10.3. The van der Waals surface area contributed by atoms with Gasteiger partial charge in [0.1, 0.15) is 11.8 Å². The molecule has 0 aromatic heterocycles. The first-order valence-corrected chi connectivity index (χ1v) is 14.4. The number of carbonyl (C=O) groups excluding carboxylic acids is 2. The van der Waals surface area contributed by atoms with Gasteiger partial charge in [0.05, 0.1) is 0 Å². The van der Waals surface area contributed by atoms with Gasteiger partial charge in [-0.1, -0.05) is 98.4 Å². The maximum absolute atomic E-state index is 13.8. The second kappa shape index (κ2) is 13.9. The fourth-order valence-corrected chi connectivity index (χ4v) is 5.47. The molecule has 1 aliphatic rings. The Labute approximate surface area is 241 Å². The van der Waals surface area contributed by atoms with E-state index in [0.717, 1.165) is 31.2 Å². The van der Waals surface area contributed by atoms with Crippen LogP contribution in [0, 0.1) is 0 Å². The summed E-state index contributed by atoms with van der Waals surface area (Å²) in [5, 5.41) is 4.09. The van der Waals surface area contributed by atoms with Gasteiger partial charge in [-0.05, 0) is 54.2 Å². The molecule has 206 valence electrons. The van der Waals surface area contributed by atoms with E-state index in [9.17, 15) is 9.59 Å². The van der Waals surface area contributed by atoms with Gasteiger partial charge in [-0.2, -0.15) is 0 Å². The number of nitrogens with one attached hydrogen (secondary N) is 1. The van der Waals surface area contributed by atoms with Crippen molar-refractivity contribution < 1.29 is 14.3 Å². The van der Waals surface area contributed by atoms with Gasteiger partial charge in [0.2, 0.25) is 5.91 Å². The van der Waals surface area contributed by atoms with Gasteiger partial charge < -0.3 is 15.0 Å². The highest BCUT2D eigenvalue weighted by Gasteiger charge is 2.33. The Morgan fingerprint density at radius 1 is 0.923 bits per heavy atom. The zero-order valence-electron chi connectivity index (χ0n) is 22.5. The molecule has 1 atom stereocenters. The van der Waals surface area contributed by atoms with Gasteiger partial charge in [0, 0.05) is 34.6 Å². The quantitative estimate of drug-likeness (QED) is 0.267. The lowest BCUT2D eigenvalue weighted by molar-refractivity contribution is -0.143. The second-order valence-corrected chi connectivity index (χ2v) is 11.2. The van der Waals surface area contributed by atoms with Crippen LogP contribution in [0.4, 0.5) is 0 Å². The maximum Gasteiger partial charge on any atom is 0.261 e. The summed E-state index contributed by atoms with van der Waals surface area (Å²) in [7, 11) is 0. The normalized spacial score (nSPS) is 14.3. The van der Waals surface area contributed by atoms with Crippen LogP contribution in [0.5, 0.6) is 5.75 Å². The number of rotatable bonds is 11. The van der Waals surface area contributed by atoms with Gasteiger partial charge in [0.25, 0.3) is 5.91 Å². The molecular formula is C32H36Cl2N2O3. The van der Waals surface area contributed by atoms with Crippen molar-refractivity contribution in [3.05, 3.63) is 99.5 Å². The van der Waals surface area contributed by atoms with E-state index in [1.807, 2.05) is 54.6 Å². The summed E-state index contributed by atoms with van der Waals surface area (Å²) in [5.74, 6) is 0.497. The van der Waals surface area contributed by atoms with E-state index < -0.39 is 6.04 Å². The molecule has 3 aromatic rings. The van der Waals surface area contributed by atoms with E-state index in [2.05, 4.69) is 19.2 Å². The number of amides is 2. The molecule has 0 bridgehead atoms. The molecule has 0 heterocycles. The Morgan fingerprint density at radius 3 is 2.18 bits per heavy atom. The Morgan fingerprint density at radius 2 is 1.56 bits per heavy atom. The lowest BCUT2D eigenvalue weighted by Gasteiger charge is -2.32. The summed E-state index contributed by atoms with van der Waals surface area (Å²) in [6.45, 7) is 4.12. The average molecular weight is 568 g/mol. The Balaban J connectivity index is 1.62. The van der Waals surface area contributed by atoms with Crippen molar-refractivity contribution >= 4 is 35.0 Å². The highest BCUT2D eigenvalue weighted by atomic mass is 35.5. The van der Waals surface area contributed by atoms with Crippen LogP contribution >= 0.6 is 23.2 Å². The molecule has 39 heavy (non-hydrogen) atoms. The Bertz CT molecular complexity index is 1220. The third kappa shape index (κ3) is 8.00. The van der Waals surface area contributed by atoms with Gasteiger partial charge in [-0.3, -0.25) is 9.59 Å². The minimum atomic E-state index is -0.764. The molecule has 1 N–H and O–H groups in total. The molecule has 5 nitrogen and oxygen atoms in total. The van der Waals surface area contributed by atoms with Crippen molar-refractivity contribution in [1.82, 2.24) is 10.2 Å². The minimum Gasteiger partial charge on any atom is -0.484 e. The molecule has 0 saturated heterocycles. The topological polar surface area (TPSA) is 58.6 Å². The fraction of sp³-hybridized carbons (Fsp3) is 0.375. The van der Waals surface area contributed by atoms with Crippen molar-refractivity contribution in [2.75, 3.05) is 6.61 Å². The summed E-state index contributed by atoms with van der Waals surface area (Å²) < 4.78 is 5.91. The highest BCUT2D eigenvalue weighted by Crippen LogP contribution is 2.28. The number of ether oxygens (including phenoxy) is 1. The monoisotopic (exact) mass is 566 g/mol. The van der Waals surface area contributed by atoms with Crippen LogP contribution in [0.15, 0.2) is 72.8 Å². The van der Waals surface area contributed by atoms with Crippen molar-refractivity contribution in [3.8, 4) is 5.75 Å². The van der Waals surface area contributed by atoms with E-state index in [0.29, 0.717) is 33.7 Å². The van der Waals surface area contributed by atoms with E-state index in [1.165, 1.54) is 5.56 Å². The molecule has 0 spiro atoms. The fourth-order valence-electron chi connectivity index (χ4n) is 4.95. The second-order valence-electron chi connectivity index (χ2n) is 10.4. The van der Waals surface area contributed by atoms with Gasteiger partial charge in [-0.15, -0.1) is 0 Å². The molecule has 1 saturated carbocycles. The van der Waals surface area contributed by atoms with Gasteiger partial charge >= 0.3 is 0 Å². The molecular weight excluding hydrogens is 531 g/mol. The smallest absolute Gasteiger partial charge is 0.261 e. The van der Waals surface area contributed by atoms with E-state index >= 15 is 0 Å². The predicted molar refractivity (Wildman–Crippen MR) is 157 cm³/mol. The first-order chi connectivity index (χ1) is 18.8. The predicted octanol–water partition coefficient (Wildman–Crippen LogP) is 7.19. The molecule has 1 fully saturated rings. The van der Waals surface area contributed by atoms with Crippen LogP contribution in [-0.2, 0) is 22.6 Å². The minimum absolute atomic E-state index is 0.0859. The average Bonchev–Trinajstić information content (AvgIpc) is 3.44. The lowest BCUT2D eigenvalue weighted by Crippen LogP contribution is -2.53. The number of hydrogen-bond donors (Lipinski definition) is 1. The molecule has 4 rings (SSSR count). The summed E-state index contributed by atoms with van der Waals surface area (Å²) >= 11 is 13.0. The molecule has 7 heteroatoms. The summed E-state index contributed by atoms with van der Waals surface area (Å²) in [4.78, 5) is 29.2. The van der Waals surface area contributed by atoms with Crippen LogP contribution < -0.4 is 10.1 Å². The van der Waals surface area contributed by atoms with Crippen molar-refractivity contribution in [3.63, 3.8) is 0 Å². The molecule has 1 aliphatic carbocycles. The number of hydrogen-bond acceptors (Lipinski definition) is 3. The largest absolute Gasteiger partial charge is 0.484 e. The van der Waals surface area contributed by atoms with Crippen molar-refractivity contribution in [1.29, 1.82) is 0 Å². The van der Waals surface area contributed by atoms with Crippen LogP contribution in [0.25, 0.3) is 0 Å². The first kappa shape index (κ1) is 29.0. The number of nitrogens with zero attached hydrogens (tertiary/aromatic N) is 1. The lowest BCUT2D eigenvalue weighted by atomic mass is 10.0. The Hall–Kier alpha value is -3.02. The van der Waals surface area contributed by atoms with E-state index in [4.69, 9.17) is 27.9 Å². The zero-order valence-corrected chi connectivity index (χ0v) is 24.0. The first-order valence-electron chi connectivity index (χ1n) is 13.6. The number of carbonyl (C=O) groups is 2. The molecule has 2 amide bonds. The molecule has 0 aliphatic heterocycles. The van der Waals surface area contributed by atoms with Gasteiger partial charge in [-0.25, -0.2) is 0 Å². The number of halogens is 2. The van der Waals surface area contributed by atoms with Crippen LogP contribution in [0.1, 0.15) is 62.1 Å². The third-order valence-corrected chi connectivity index (χ3v) is 7.98. The van der Waals surface area contributed by atoms with Crippen LogP contribution in [0.3, 0.4) is 0 Å². The molecule has 0 radical (unpaired) electrons. The highest BCUT2D eigenvalue weighted by molar-refractivity contribution is 6.36. The standard InChI is InChI=1S/C32H36Cl2N2O3/c1-22(2)24-15-17-26(18-16-24)39-21-31(37)36(20-27-28(33)13-8-14-29(27)34)30(19-23-9-4-3-5-10-23)32(38)35-25-11-6-7-12-25/h3-5,8-10,13-18,22,25,30H,6-7,11-12,19-21H2,1-2H3,(H,35,38)/t30-/m1/s1. The number of benzene rings is 3. The molecule has 3 aromatic carbocycles. The van der Waals surface area contributed by atoms with E-state index in [1.54, 1.807) is 23.1 Å². The maximum atomic E-state index is 13.8. The summed E-state index contributed by atoms with van der Waals surface area (Å²) in [6.07, 6.45) is 4.44.